The van der Waals surface area contributed by atoms with Gasteiger partial charge in [-0.2, -0.15) is 18.3 Å². The number of benzene rings is 1. The number of pyridine rings is 1. The van der Waals surface area contributed by atoms with E-state index in [9.17, 15) is 27.9 Å². The minimum absolute atomic E-state index is 0.0484. The number of phenolic OH excluding ortho intramolecular Hbond substituents is 1. The molecule has 0 radical (unpaired) electrons. The second-order valence-electron chi connectivity index (χ2n) is 6.03. The number of carbonyl (C=O) groups excluding carboxylic acids is 2. The van der Waals surface area contributed by atoms with Crippen molar-refractivity contribution in [1.82, 2.24) is 25.6 Å². The Bertz CT molecular complexity index is 1110. The first-order valence-electron chi connectivity index (χ1n) is 8.25. The van der Waals surface area contributed by atoms with Crippen LogP contribution in [0.15, 0.2) is 42.7 Å². The fourth-order valence-corrected chi connectivity index (χ4v) is 2.65. The smallest absolute Gasteiger partial charge is 0.417 e. The Balaban J connectivity index is 1.73. The average Bonchev–Trinajstić information content (AvgIpc) is 3.08. The summed E-state index contributed by atoms with van der Waals surface area (Å²) in [5.41, 5.74) is 3.56. The molecule has 2 aromatic heterocycles. The number of aromatic hydroxyl groups is 1. The van der Waals surface area contributed by atoms with Crippen molar-refractivity contribution in [3.63, 3.8) is 0 Å². The van der Waals surface area contributed by atoms with Crippen molar-refractivity contribution in [2.45, 2.75) is 13.1 Å². The summed E-state index contributed by atoms with van der Waals surface area (Å²) in [6.45, 7) is 1.51. The number of hydrazine groups is 1. The van der Waals surface area contributed by atoms with Crippen molar-refractivity contribution in [2.75, 3.05) is 0 Å². The Kier molecular flexibility index (Phi) is 5.65. The molecule has 0 aliphatic heterocycles. The maximum atomic E-state index is 12.7. The predicted octanol–water partition coefficient (Wildman–Crippen LogP) is 3.03. The van der Waals surface area contributed by atoms with E-state index >= 15 is 0 Å². The molecule has 0 fully saturated rings. The molecule has 156 valence electrons. The number of aromatic nitrogens is 3. The van der Waals surface area contributed by atoms with E-state index in [0.717, 1.165) is 12.1 Å². The topological polar surface area (TPSA) is 109 Å². The highest BCUT2D eigenvalue weighted by Crippen LogP contribution is 2.29. The van der Waals surface area contributed by atoms with Gasteiger partial charge in [0, 0.05) is 11.2 Å². The molecule has 0 bridgehead atoms. The van der Waals surface area contributed by atoms with Crippen molar-refractivity contribution in [3.8, 4) is 11.6 Å². The van der Waals surface area contributed by atoms with Crippen LogP contribution in [0.25, 0.3) is 5.82 Å². The quantitative estimate of drug-likeness (QED) is 0.543. The number of halogens is 4. The molecule has 0 atom stereocenters. The number of nitrogens with zero attached hydrogens (tertiary/aromatic N) is 3. The van der Waals surface area contributed by atoms with Crippen LogP contribution < -0.4 is 10.9 Å². The molecule has 2 heterocycles. The van der Waals surface area contributed by atoms with Gasteiger partial charge >= 0.3 is 6.18 Å². The number of rotatable bonds is 3. The number of carbonyl (C=O) groups is 2. The van der Waals surface area contributed by atoms with Crippen LogP contribution >= 0.6 is 11.6 Å². The first-order chi connectivity index (χ1) is 14.1. The van der Waals surface area contributed by atoms with E-state index < -0.39 is 23.6 Å². The van der Waals surface area contributed by atoms with Crippen LogP contribution in [0.1, 0.15) is 32.0 Å². The van der Waals surface area contributed by atoms with E-state index in [-0.39, 0.29) is 33.4 Å². The van der Waals surface area contributed by atoms with Crippen molar-refractivity contribution >= 4 is 23.4 Å². The third kappa shape index (κ3) is 4.35. The number of alkyl halides is 3. The van der Waals surface area contributed by atoms with Gasteiger partial charge in [0.05, 0.1) is 28.6 Å². The van der Waals surface area contributed by atoms with Gasteiger partial charge in [0.1, 0.15) is 5.75 Å². The second kappa shape index (κ2) is 8.03. The highest BCUT2D eigenvalue weighted by Gasteiger charge is 2.30. The lowest BCUT2D eigenvalue weighted by molar-refractivity contribution is -0.137. The molecule has 30 heavy (non-hydrogen) atoms. The zero-order valence-corrected chi connectivity index (χ0v) is 15.9. The van der Waals surface area contributed by atoms with E-state index in [0.29, 0.717) is 6.20 Å². The lowest BCUT2D eigenvalue weighted by atomic mass is 10.2. The van der Waals surface area contributed by atoms with Crippen molar-refractivity contribution < 1.29 is 27.9 Å². The Hall–Kier alpha value is -3.60. The monoisotopic (exact) mass is 439 g/mol. The molecule has 12 heteroatoms. The molecule has 3 rings (SSSR count). The molecule has 8 nitrogen and oxygen atoms in total. The number of amides is 2. The summed E-state index contributed by atoms with van der Waals surface area (Å²) < 4.78 is 39.2. The van der Waals surface area contributed by atoms with Crippen LogP contribution in [-0.4, -0.2) is 31.7 Å². The van der Waals surface area contributed by atoms with Crippen molar-refractivity contribution in [2.24, 2.45) is 0 Å². The van der Waals surface area contributed by atoms with E-state index in [1.54, 1.807) is 0 Å². The fraction of sp³-hybridized carbons (Fsp3) is 0.111. The van der Waals surface area contributed by atoms with Gasteiger partial charge in [-0.1, -0.05) is 11.6 Å². The summed E-state index contributed by atoms with van der Waals surface area (Å²) in [7, 11) is 0. The van der Waals surface area contributed by atoms with Crippen LogP contribution in [0.2, 0.25) is 5.02 Å². The molecule has 0 spiro atoms. The Morgan fingerprint density at radius 3 is 2.33 bits per heavy atom. The Morgan fingerprint density at radius 1 is 1.07 bits per heavy atom. The maximum Gasteiger partial charge on any atom is 0.417 e. The summed E-state index contributed by atoms with van der Waals surface area (Å²) in [6, 6.07) is 5.80. The number of phenols is 1. The zero-order chi connectivity index (χ0) is 22.1. The maximum absolute atomic E-state index is 12.7. The third-order valence-electron chi connectivity index (χ3n) is 4.04. The summed E-state index contributed by atoms with van der Waals surface area (Å²) in [6.07, 6.45) is -2.69. The van der Waals surface area contributed by atoms with E-state index in [2.05, 4.69) is 20.9 Å². The summed E-state index contributed by atoms with van der Waals surface area (Å²) in [5.74, 6) is -1.80. The number of hydrogen-bond donors (Lipinski definition) is 3. The normalized spacial score (nSPS) is 11.2. The third-order valence-corrected chi connectivity index (χ3v) is 4.27. The molecule has 0 aliphatic carbocycles. The standard InChI is InChI=1S/C18H13ClF3N5O3/c1-9-13(8-24-27(9)15-5-2-10(7-23-15)18(20,21)22)17(30)26-25-16(29)12-6-11(19)3-4-14(12)28/h2-8,28H,1H3,(H,25,29)(H,26,30). The first kappa shape index (κ1) is 21.1. The summed E-state index contributed by atoms with van der Waals surface area (Å²) in [4.78, 5) is 28.2. The lowest BCUT2D eigenvalue weighted by Gasteiger charge is -2.09. The molecule has 3 N–H and O–H groups in total. The van der Waals surface area contributed by atoms with Gasteiger partial charge in [0.15, 0.2) is 5.82 Å². The van der Waals surface area contributed by atoms with E-state index in [4.69, 9.17) is 11.6 Å². The molecule has 0 saturated carbocycles. The average molecular weight is 440 g/mol. The van der Waals surface area contributed by atoms with Crippen molar-refractivity contribution in [1.29, 1.82) is 0 Å². The zero-order valence-electron chi connectivity index (χ0n) is 15.2. The van der Waals surface area contributed by atoms with Crippen molar-refractivity contribution in [3.05, 3.63) is 70.1 Å². The first-order valence-corrected chi connectivity index (χ1v) is 8.63. The van der Waals surface area contributed by atoms with E-state index in [1.807, 2.05) is 0 Å². The molecule has 3 aromatic rings. The SMILES string of the molecule is Cc1c(C(=O)NNC(=O)c2cc(Cl)ccc2O)cnn1-c1ccc(C(F)(F)F)cn1. The molecular weight excluding hydrogens is 427 g/mol. The Labute approximate surface area is 172 Å². The number of nitrogens with one attached hydrogen (secondary N) is 2. The minimum atomic E-state index is -4.52. The van der Waals surface area contributed by atoms with Gasteiger partial charge in [-0.05, 0) is 37.3 Å². The molecular formula is C18H13ClF3N5O3. The second-order valence-corrected chi connectivity index (χ2v) is 6.46. The summed E-state index contributed by atoms with van der Waals surface area (Å²) in [5, 5.41) is 13.9. The molecule has 2 amide bonds. The summed E-state index contributed by atoms with van der Waals surface area (Å²) >= 11 is 5.78. The number of hydrogen-bond acceptors (Lipinski definition) is 5. The molecule has 0 unspecified atom stereocenters. The molecule has 1 aromatic carbocycles. The lowest BCUT2D eigenvalue weighted by Crippen LogP contribution is -2.41. The fourth-order valence-electron chi connectivity index (χ4n) is 2.48. The predicted molar refractivity (Wildman–Crippen MR) is 99.1 cm³/mol. The van der Waals surface area contributed by atoms with Gasteiger partial charge in [-0.25, -0.2) is 9.67 Å². The van der Waals surface area contributed by atoms with Crippen LogP contribution in [0.4, 0.5) is 13.2 Å². The van der Waals surface area contributed by atoms with Gasteiger partial charge in [-0.3, -0.25) is 20.4 Å². The van der Waals surface area contributed by atoms with Crippen LogP contribution in [0.5, 0.6) is 5.75 Å². The highest BCUT2D eigenvalue weighted by atomic mass is 35.5. The van der Waals surface area contributed by atoms with E-state index in [1.165, 1.54) is 36.0 Å². The van der Waals surface area contributed by atoms with Gasteiger partial charge in [-0.15, -0.1) is 0 Å². The van der Waals surface area contributed by atoms with Crippen LogP contribution in [0, 0.1) is 6.92 Å². The Morgan fingerprint density at radius 2 is 1.73 bits per heavy atom. The van der Waals surface area contributed by atoms with Crippen LogP contribution in [-0.2, 0) is 6.18 Å². The largest absolute Gasteiger partial charge is 0.507 e. The molecule has 0 saturated heterocycles. The van der Waals surface area contributed by atoms with Crippen LogP contribution in [0.3, 0.4) is 0 Å². The molecule has 0 aliphatic rings. The van der Waals surface area contributed by atoms with Gasteiger partial charge < -0.3 is 5.11 Å². The van der Waals surface area contributed by atoms with Gasteiger partial charge in [0.2, 0.25) is 0 Å². The van der Waals surface area contributed by atoms with Gasteiger partial charge in [0.25, 0.3) is 11.8 Å². The highest BCUT2D eigenvalue weighted by molar-refractivity contribution is 6.31. The minimum Gasteiger partial charge on any atom is -0.507 e.